The van der Waals surface area contributed by atoms with Gasteiger partial charge in [0.2, 0.25) is 11.8 Å². The molecule has 1 aliphatic carbocycles. The van der Waals surface area contributed by atoms with Crippen LogP contribution in [0.15, 0.2) is 36.4 Å². The Bertz CT molecular complexity index is 898. The molecule has 1 aliphatic rings. The van der Waals surface area contributed by atoms with Gasteiger partial charge in [-0.1, -0.05) is 18.2 Å². The zero-order valence-electron chi connectivity index (χ0n) is 18.7. The van der Waals surface area contributed by atoms with Crippen LogP contribution in [0.4, 0.5) is 11.4 Å². The van der Waals surface area contributed by atoms with Gasteiger partial charge in [0.25, 0.3) is 0 Å². The summed E-state index contributed by atoms with van der Waals surface area (Å²) in [6, 6.07) is 11.6. The van der Waals surface area contributed by atoms with Crippen molar-refractivity contribution < 1.29 is 19.1 Å². The highest BCUT2D eigenvalue weighted by Gasteiger charge is 2.30. The van der Waals surface area contributed by atoms with Gasteiger partial charge in [0, 0.05) is 48.6 Å². The van der Waals surface area contributed by atoms with Crippen LogP contribution in [0.5, 0.6) is 11.5 Å². The highest BCUT2D eigenvalue weighted by atomic mass is 16.5. The van der Waals surface area contributed by atoms with E-state index in [1.165, 1.54) is 0 Å². The van der Waals surface area contributed by atoms with E-state index < -0.39 is 0 Å². The number of hydrogen-bond donors (Lipinski definition) is 2. The Morgan fingerprint density at radius 2 is 1.58 bits per heavy atom. The van der Waals surface area contributed by atoms with Gasteiger partial charge in [-0.2, -0.15) is 0 Å². The van der Waals surface area contributed by atoms with Gasteiger partial charge in [-0.05, 0) is 37.8 Å². The lowest BCUT2D eigenvalue weighted by Crippen LogP contribution is -2.37. The number of carbonyl (C=O) groups excluding carboxylic acids is 2. The Balaban J connectivity index is 1.55. The van der Waals surface area contributed by atoms with E-state index >= 15 is 0 Å². The van der Waals surface area contributed by atoms with E-state index in [4.69, 9.17) is 9.47 Å². The Morgan fingerprint density at radius 3 is 2.13 bits per heavy atom. The summed E-state index contributed by atoms with van der Waals surface area (Å²) in [7, 11) is 3.13. The van der Waals surface area contributed by atoms with Crippen molar-refractivity contribution in [1.29, 1.82) is 0 Å². The number of rotatable bonds is 10. The Kier molecular flexibility index (Phi) is 7.52. The molecule has 31 heavy (non-hydrogen) atoms. The molecule has 0 radical (unpaired) electrons. The molecule has 0 atom stereocenters. The Labute approximate surface area is 183 Å². The number of benzene rings is 2. The van der Waals surface area contributed by atoms with Crippen LogP contribution in [0.1, 0.15) is 30.4 Å². The summed E-state index contributed by atoms with van der Waals surface area (Å²) in [6.45, 7) is 4.77. The van der Waals surface area contributed by atoms with Gasteiger partial charge in [-0.15, -0.1) is 0 Å². The van der Waals surface area contributed by atoms with Crippen LogP contribution in [0, 0.1) is 13.8 Å². The van der Waals surface area contributed by atoms with Gasteiger partial charge in [-0.3, -0.25) is 14.5 Å². The van der Waals surface area contributed by atoms with E-state index in [2.05, 4.69) is 15.5 Å². The Morgan fingerprint density at radius 1 is 0.968 bits per heavy atom. The third-order valence-electron chi connectivity index (χ3n) is 5.42. The molecule has 0 heterocycles. The van der Waals surface area contributed by atoms with E-state index in [1.807, 2.05) is 32.0 Å². The molecular formula is C24H31N3O4. The molecule has 1 fully saturated rings. The van der Waals surface area contributed by atoms with Crippen molar-refractivity contribution in [2.45, 2.75) is 39.2 Å². The molecule has 0 spiro atoms. The van der Waals surface area contributed by atoms with Crippen LogP contribution in [0.2, 0.25) is 0 Å². The number of methoxy groups -OCH3 is 2. The lowest BCUT2D eigenvalue weighted by Gasteiger charge is -2.22. The average Bonchev–Trinajstić information content (AvgIpc) is 3.58. The quantitative estimate of drug-likeness (QED) is 0.606. The van der Waals surface area contributed by atoms with Crippen molar-refractivity contribution in [3.05, 3.63) is 47.5 Å². The highest BCUT2D eigenvalue weighted by molar-refractivity contribution is 5.94. The van der Waals surface area contributed by atoms with Crippen LogP contribution < -0.4 is 20.1 Å². The molecule has 166 valence electrons. The summed E-state index contributed by atoms with van der Waals surface area (Å²) in [5.74, 6) is 1.05. The fourth-order valence-corrected chi connectivity index (χ4v) is 3.55. The molecule has 3 rings (SSSR count). The lowest BCUT2D eigenvalue weighted by atomic mass is 10.1. The molecule has 0 bridgehead atoms. The first-order valence-corrected chi connectivity index (χ1v) is 10.5. The molecular weight excluding hydrogens is 394 g/mol. The van der Waals surface area contributed by atoms with E-state index in [1.54, 1.807) is 32.4 Å². The van der Waals surface area contributed by atoms with E-state index in [9.17, 15) is 9.59 Å². The number of amides is 2. The molecule has 0 aliphatic heterocycles. The Hall–Kier alpha value is -3.06. The lowest BCUT2D eigenvalue weighted by molar-refractivity contribution is -0.119. The zero-order chi connectivity index (χ0) is 22.4. The molecule has 2 N–H and O–H groups in total. The molecule has 1 saturated carbocycles. The second kappa shape index (κ2) is 10.3. The minimum atomic E-state index is -0.115. The monoisotopic (exact) mass is 425 g/mol. The van der Waals surface area contributed by atoms with Gasteiger partial charge >= 0.3 is 0 Å². The number of ether oxygens (including phenoxy) is 2. The van der Waals surface area contributed by atoms with Crippen LogP contribution in [-0.2, 0) is 9.59 Å². The number of hydrogen-bond acceptors (Lipinski definition) is 5. The topological polar surface area (TPSA) is 79.9 Å². The van der Waals surface area contributed by atoms with Gasteiger partial charge in [0.1, 0.15) is 11.5 Å². The van der Waals surface area contributed by atoms with Crippen LogP contribution >= 0.6 is 0 Å². The smallest absolute Gasteiger partial charge is 0.238 e. The third kappa shape index (κ3) is 6.46. The van der Waals surface area contributed by atoms with Crippen molar-refractivity contribution in [3.8, 4) is 11.5 Å². The van der Waals surface area contributed by atoms with Gasteiger partial charge in [0.05, 0.1) is 20.8 Å². The molecule has 0 saturated heterocycles. The number of anilines is 2. The van der Waals surface area contributed by atoms with E-state index in [0.717, 1.165) is 29.7 Å². The van der Waals surface area contributed by atoms with Gasteiger partial charge < -0.3 is 20.1 Å². The third-order valence-corrected chi connectivity index (χ3v) is 5.42. The predicted molar refractivity (Wildman–Crippen MR) is 122 cm³/mol. The standard InChI is InChI=1S/C24H31N3O4/c1-16-6-5-7-17(2)24(16)26-23(29)15-27(19-8-9-19)11-10-22(28)25-18-12-20(30-3)14-21(13-18)31-4/h5-7,12-14,19H,8-11,15H2,1-4H3,(H,25,28)(H,26,29). The predicted octanol–water partition coefficient (Wildman–Crippen LogP) is 3.75. The normalized spacial score (nSPS) is 13.1. The summed E-state index contributed by atoms with van der Waals surface area (Å²) in [5.41, 5.74) is 3.57. The summed E-state index contributed by atoms with van der Waals surface area (Å²) in [4.78, 5) is 27.3. The molecule has 7 nitrogen and oxygen atoms in total. The summed E-state index contributed by atoms with van der Waals surface area (Å²) < 4.78 is 10.5. The summed E-state index contributed by atoms with van der Waals surface area (Å²) in [5, 5.41) is 5.92. The summed E-state index contributed by atoms with van der Waals surface area (Å²) >= 11 is 0. The number of nitrogens with one attached hydrogen (secondary N) is 2. The van der Waals surface area contributed by atoms with Crippen molar-refractivity contribution in [2.24, 2.45) is 0 Å². The first-order chi connectivity index (χ1) is 14.9. The maximum absolute atomic E-state index is 12.7. The molecule has 2 amide bonds. The fraction of sp³-hybridized carbons (Fsp3) is 0.417. The number of nitrogens with zero attached hydrogens (tertiary/aromatic N) is 1. The van der Waals surface area contributed by atoms with Crippen LogP contribution in [-0.4, -0.2) is 50.1 Å². The second-order valence-electron chi connectivity index (χ2n) is 7.92. The summed E-state index contributed by atoms with van der Waals surface area (Å²) in [6.07, 6.45) is 2.42. The van der Waals surface area contributed by atoms with Crippen molar-refractivity contribution in [2.75, 3.05) is 37.9 Å². The van der Waals surface area contributed by atoms with Crippen molar-refractivity contribution in [1.82, 2.24) is 4.90 Å². The molecule has 0 aromatic heterocycles. The minimum Gasteiger partial charge on any atom is -0.497 e. The van der Waals surface area contributed by atoms with Crippen molar-refractivity contribution in [3.63, 3.8) is 0 Å². The first-order valence-electron chi connectivity index (χ1n) is 10.5. The second-order valence-corrected chi connectivity index (χ2v) is 7.92. The van der Waals surface area contributed by atoms with Gasteiger partial charge in [0.15, 0.2) is 0 Å². The molecule has 7 heteroatoms. The first kappa shape index (κ1) is 22.6. The van der Waals surface area contributed by atoms with Crippen molar-refractivity contribution >= 4 is 23.2 Å². The maximum Gasteiger partial charge on any atom is 0.238 e. The largest absolute Gasteiger partial charge is 0.497 e. The van der Waals surface area contributed by atoms with Crippen LogP contribution in [0.25, 0.3) is 0 Å². The van der Waals surface area contributed by atoms with E-state index in [0.29, 0.717) is 36.2 Å². The fourth-order valence-electron chi connectivity index (χ4n) is 3.55. The molecule has 2 aromatic rings. The minimum absolute atomic E-state index is 0.0535. The number of carbonyl (C=O) groups is 2. The zero-order valence-corrected chi connectivity index (χ0v) is 18.7. The average molecular weight is 426 g/mol. The highest BCUT2D eigenvalue weighted by Crippen LogP contribution is 2.28. The van der Waals surface area contributed by atoms with Gasteiger partial charge in [-0.25, -0.2) is 0 Å². The molecule has 2 aromatic carbocycles. The molecule has 0 unspecified atom stereocenters. The number of aryl methyl sites for hydroxylation is 2. The number of para-hydroxylation sites is 1. The van der Waals surface area contributed by atoms with E-state index in [-0.39, 0.29) is 18.4 Å². The van der Waals surface area contributed by atoms with Crippen LogP contribution in [0.3, 0.4) is 0 Å². The maximum atomic E-state index is 12.7. The SMILES string of the molecule is COc1cc(NC(=O)CCN(CC(=O)Nc2c(C)cccc2C)C2CC2)cc(OC)c1.